The van der Waals surface area contributed by atoms with E-state index in [0.29, 0.717) is 35.2 Å². The Bertz CT molecular complexity index is 996. The molecule has 0 saturated heterocycles. The van der Waals surface area contributed by atoms with Crippen molar-refractivity contribution in [2.75, 3.05) is 19.0 Å². The Labute approximate surface area is 177 Å². The van der Waals surface area contributed by atoms with Gasteiger partial charge in [-0.05, 0) is 43.5 Å². The lowest BCUT2D eigenvalue weighted by Gasteiger charge is -2.12. The van der Waals surface area contributed by atoms with Crippen molar-refractivity contribution in [1.29, 1.82) is 0 Å². The summed E-state index contributed by atoms with van der Waals surface area (Å²) in [5.74, 6) is -2.02. The number of nitrogens with one attached hydrogen (secondary N) is 3. The van der Waals surface area contributed by atoms with Crippen molar-refractivity contribution in [2.45, 2.75) is 39.8 Å². The Kier molecular flexibility index (Phi) is 7.48. The first kappa shape index (κ1) is 24.0. The second-order valence-corrected chi connectivity index (χ2v) is 7.00. The number of esters is 1. The second kappa shape index (κ2) is 9.67. The van der Waals surface area contributed by atoms with Crippen molar-refractivity contribution in [3.05, 3.63) is 51.8 Å². The lowest BCUT2D eigenvalue weighted by Crippen LogP contribution is -2.33. The Morgan fingerprint density at radius 1 is 1.13 bits per heavy atom. The van der Waals surface area contributed by atoms with Gasteiger partial charge in [0.2, 0.25) is 0 Å². The quantitative estimate of drug-likeness (QED) is 0.570. The van der Waals surface area contributed by atoms with Crippen LogP contribution in [0.3, 0.4) is 0 Å². The number of methoxy groups -OCH3 is 1. The average molecular weight is 439 g/mol. The SMILES string of the molecule is CCCc1c(C(=O)Nc2cc(C(=O)NCC(F)(F)F)ccc2C)[nH]c(C)c1C(=O)OC. The van der Waals surface area contributed by atoms with Crippen LogP contribution in [-0.2, 0) is 11.2 Å². The zero-order chi connectivity index (χ0) is 23.3. The van der Waals surface area contributed by atoms with E-state index in [9.17, 15) is 27.6 Å². The maximum absolute atomic E-state index is 12.9. The lowest BCUT2D eigenvalue weighted by atomic mass is 10.0. The number of rotatable bonds is 7. The summed E-state index contributed by atoms with van der Waals surface area (Å²) in [7, 11) is 1.25. The van der Waals surface area contributed by atoms with Gasteiger partial charge in [-0.15, -0.1) is 0 Å². The van der Waals surface area contributed by atoms with Crippen LogP contribution >= 0.6 is 0 Å². The summed E-state index contributed by atoms with van der Waals surface area (Å²) in [6, 6.07) is 4.19. The normalized spacial score (nSPS) is 11.2. The van der Waals surface area contributed by atoms with Crippen LogP contribution in [0.25, 0.3) is 0 Å². The van der Waals surface area contributed by atoms with E-state index in [4.69, 9.17) is 4.74 Å². The standard InChI is InChI=1S/C21H24F3N3O4/c1-5-6-14-16(20(30)31-4)12(3)26-17(14)19(29)27-15-9-13(8-7-11(15)2)18(28)25-10-21(22,23)24/h7-9,26H,5-6,10H2,1-4H3,(H,25,28)(H,27,29). The molecular weight excluding hydrogens is 415 g/mol. The fourth-order valence-electron chi connectivity index (χ4n) is 3.11. The zero-order valence-corrected chi connectivity index (χ0v) is 17.6. The van der Waals surface area contributed by atoms with Crippen molar-refractivity contribution in [1.82, 2.24) is 10.3 Å². The topological polar surface area (TPSA) is 100 Å². The number of ether oxygens (including phenoxy) is 1. The first-order chi connectivity index (χ1) is 14.5. The molecule has 0 saturated carbocycles. The minimum atomic E-state index is -4.53. The van der Waals surface area contributed by atoms with Crippen LogP contribution < -0.4 is 10.6 Å². The van der Waals surface area contributed by atoms with Gasteiger partial charge in [-0.1, -0.05) is 19.4 Å². The minimum Gasteiger partial charge on any atom is -0.465 e. The molecule has 0 fully saturated rings. The summed E-state index contributed by atoms with van der Waals surface area (Å²) in [5, 5.41) is 4.46. The Hall–Kier alpha value is -3.30. The number of benzene rings is 1. The molecule has 3 N–H and O–H groups in total. The van der Waals surface area contributed by atoms with Crippen molar-refractivity contribution in [2.24, 2.45) is 0 Å². The number of amides is 2. The van der Waals surface area contributed by atoms with E-state index in [-0.39, 0.29) is 16.9 Å². The van der Waals surface area contributed by atoms with Gasteiger partial charge in [-0.25, -0.2) is 4.79 Å². The van der Waals surface area contributed by atoms with Gasteiger partial charge < -0.3 is 20.4 Å². The van der Waals surface area contributed by atoms with E-state index in [0.717, 1.165) is 0 Å². The number of alkyl halides is 3. The van der Waals surface area contributed by atoms with Gasteiger partial charge in [0.15, 0.2) is 0 Å². The highest BCUT2D eigenvalue weighted by Gasteiger charge is 2.28. The van der Waals surface area contributed by atoms with E-state index in [1.807, 2.05) is 6.92 Å². The van der Waals surface area contributed by atoms with Gasteiger partial charge >= 0.3 is 12.1 Å². The fourth-order valence-corrected chi connectivity index (χ4v) is 3.11. The maximum atomic E-state index is 12.9. The van der Waals surface area contributed by atoms with E-state index in [1.54, 1.807) is 19.2 Å². The minimum absolute atomic E-state index is 0.0307. The summed E-state index contributed by atoms with van der Waals surface area (Å²) < 4.78 is 41.8. The summed E-state index contributed by atoms with van der Waals surface area (Å²) in [5.41, 5.74) is 2.32. The predicted octanol–water partition coefficient (Wildman–Crippen LogP) is 3.92. The number of aromatic nitrogens is 1. The van der Waals surface area contributed by atoms with Crippen LogP contribution in [0, 0.1) is 13.8 Å². The Morgan fingerprint density at radius 2 is 1.81 bits per heavy atom. The van der Waals surface area contributed by atoms with Crippen molar-refractivity contribution < 1.29 is 32.3 Å². The Balaban J connectivity index is 2.32. The molecule has 0 aliphatic heterocycles. The van der Waals surface area contributed by atoms with Crippen molar-refractivity contribution >= 4 is 23.5 Å². The Morgan fingerprint density at radius 3 is 2.39 bits per heavy atom. The molecule has 0 bridgehead atoms. The van der Waals surface area contributed by atoms with E-state index in [2.05, 4.69) is 10.3 Å². The van der Waals surface area contributed by atoms with Crippen molar-refractivity contribution in [3.8, 4) is 0 Å². The van der Waals surface area contributed by atoms with E-state index in [1.165, 1.54) is 25.3 Å². The molecule has 10 heteroatoms. The molecule has 0 spiro atoms. The number of halogens is 3. The van der Waals surface area contributed by atoms with E-state index >= 15 is 0 Å². The van der Waals surface area contributed by atoms with Crippen LogP contribution in [0.2, 0.25) is 0 Å². The highest BCUT2D eigenvalue weighted by molar-refractivity contribution is 6.07. The highest BCUT2D eigenvalue weighted by Crippen LogP contribution is 2.24. The summed E-state index contributed by atoms with van der Waals surface area (Å²) in [4.78, 5) is 40.0. The predicted molar refractivity (Wildman–Crippen MR) is 108 cm³/mol. The van der Waals surface area contributed by atoms with Gasteiger partial charge in [0.25, 0.3) is 11.8 Å². The smallest absolute Gasteiger partial charge is 0.405 e. The molecule has 2 aromatic rings. The lowest BCUT2D eigenvalue weighted by molar-refractivity contribution is -0.123. The second-order valence-electron chi connectivity index (χ2n) is 7.00. The maximum Gasteiger partial charge on any atom is 0.405 e. The third-order valence-corrected chi connectivity index (χ3v) is 4.60. The van der Waals surface area contributed by atoms with Gasteiger partial charge in [0.1, 0.15) is 12.2 Å². The van der Waals surface area contributed by atoms with E-state index < -0.39 is 30.5 Å². The zero-order valence-electron chi connectivity index (χ0n) is 17.6. The van der Waals surface area contributed by atoms with Gasteiger partial charge in [0.05, 0.1) is 12.7 Å². The monoisotopic (exact) mass is 439 g/mol. The number of H-pyrrole nitrogens is 1. The number of carbonyl (C=O) groups is 3. The number of aromatic amines is 1. The number of carbonyl (C=O) groups excluding carboxylic acids is 3. The van der Waals surface area contributed by atoms with Gasteiger partial charge in [-0.3, -0.25) is 9.59 Å². The van der Waals surface area contributed by atoms with Crippen LogP contribution in [-0.4, -0.2) is 42.6 Å². The molecule has 1 heterocycles. The molecule has 2 amide bonds. The average Bonchev–Trinajstić information content (AvgIpc) is 3.03. The molecule has 0 aliphatic rings. The number of anilines is 1. The first-order valence-electron chi connectivity index (χ1n) is 9.55. The number of aryl methyl sites for hydroxylation is 2. The third-order valence-electron chi connectivity index (χ3n) is 4.60. The molecule has 0 aliphatic carbocycles. The van der Waals surface area contributed by atoms with Crippen LogP contribution in [0.15, 0.2) is 18.2 Å². The molecule has 2 rings (SSSR count). The van der Waals surface area contributed by atoms with Crippen LogP contribution in [0.1, 0.15) is 61.4 Å². The molecule has 0 atom stereocenters. The van der Waals surface area contributed by atoms with Crippen LogP contribution in [0.5, 0.6) is 0 Å². The van der Waals surface area contributed by atoms with Gasteiger partial charge in [-0.2, -0.15) is 13.2 Å². The molecule has 0 radical (unpaired) electrons. The van der Waals surface area contributed by atoms with Crippen LogP contribution in [0.4, 0.5) is 18.9 Å². The number of hydrogen-bond donors (Lipinski definition) is 3. The molecule has 0 unspecified atom stereocenters. The van der Waals surface area contributed by atoms with Gasteiger partial charge in [0, 0.05) is 16.9 Å². The number of hydrogen-bond acceptors (Lipinski definition) is 4. The summed E-state index contributed by atoms with van der Waals surface area (Å²) in [6.07, 6.45) is -3.40. The fraction of sp³-hybridized carbons (Fsp3) is 0.381. The van der Waals surface area contributed by atoms with Crippen molar-refractivity contribution in [3.63, 3.8) is 0 Å². The molecule has 1 aromatic carbocycles. The largest absolute Gasteiger partial charge is 0.465 e. The molecule has 31 heavy (non-hydrogen) atoms. The summed E-state index contributed by atoms with van der Waals surface area (Å²) in [6.45, 7) is 3.77. The molecule has 7 nitrogen and oxygen atoms in total. The highest BCUT2D eigenvalue weighted by atomic mass is 19.4. The molecule has 1 aromatic heterocycles. The summed E-state index contributed by atoms with van der Waals surface area (Å²) >= 11 is 0. The first-order valence-corrected chi connectivity index (χ1v) is 9.55. The third kappa shape index (κ3) is 5.87. The molecular formula is C21H24F3N3O4. The molecule has 168 valence electrons.